The fraction of sp³-hybridized carbons (Fsp3) is 0.294. The zero-order valence-electron chi connectivity index (χ0n) is 12.6. The minimum absolute atomic E-state index is 0.0171. The molecule has 1 aromatic heterocycles. The number of pyridine rings is 1. The highest BCUT2D eigenvalue weighted by atomic mass is 16.2. The van der Waals surface area contributed by atoms with Crippen LogP contribution in [0.3, 0.4) is 0 Å². The van der Waals surface area contributed by atoms with E-state index in [1.807, 2.05) is 57.2 Å². The topological polar surface area (TPSA) is 68.0 Å². The summed E-state index contributed by atoms with van der Waals surface area (Å²) in [4.78, 5) is 16.6. The van der Waals surface area contributed by atoms with Crippen LogP contribution in [0.15, 0.2) is 48.8 Å². The highest BCUT2D eigenvalue weighted by Gasteiger charge is 2.30. The molecule has 1 atom stereocenters. The van der Waals surface area contributed by atoms with Gasteiger partial charge in [-0.2, -0.15) is 0 Å². The Morgan fingerprint density at radius 2 is 1.71 bits per heavy atom. The predicted molar refractivity (Wildman–Crippen MR) is 84.7 cm³/mol. The van der Waals surface area contributed by atoms with Gasteiger partial charge in [-0.25, -0.2) is 0 Å². The van der Waals surface area contributed by atoms with E-state index in [1.165, 1.54) is 0 Å². The van der Waals surface area contributed by atoms with Crippen molar-refractivity contribution in [3.05, 3.63) is 59.9 Å². The summed E-state index contributed by atoms with van der Waals surface area (Å²) in [5, 5.41) is 3.05. The predicted octanol–water partition coefficient (Wildman–Crippen LogP) is 2.82. The molecule has 4 nitrogen and oxygen atoms in total. The van der Waals surface area contributed by atoms with Crippen LogP contribution in [0.1, 0.15) is 37.9 Å². The van der Waals surface area contributed by atoms with E-state index in [4.69, 9.17) is 5.73 Å². The number of nitrogens with two attached hydrogens (primary N) is 1. The van der Waals surface area contributed by atoms with Crippen molar-refractivity contribution in [2.24, 2.45) is 0 Å². The number of nitrogen functional groups attached to an aromatic ring is 1. The second-order valence-electron chi connectivity index (χ2n) is 5.72. The smallest absolute Gasteiger partial charge is 0.230 e. The Balaban J connectivity index is 2.13. The van der Waals surface area contributed by atoms with Gasteiger partial charge in [-0.3, -0.25) is 9.78 Å². The van der Waals surface area contributed by atoms with Gasteiger partial charge < -0.3 is 11.1 Å². The summed E-state index contributed by atoms with van der Waals surface area (Å²) in [5.74, 6) is -0.0171. The van der Waals surface area contributed by atoms with Crippen molar-refractivity contribution in [2.45, 2.75) is 32.2 Å². The van der Waals surface area contributed by atoms with Crippen molar-refractivity contribution in [2.75, 3.05) is 5.73 Å². The van der Waals surface area contributed by atoms with Crippen LogP contribution in [0.5, 0.6) is 0 Å². The van der Waals surface area contributed by atoms with Crippen molar-refractivity contribution in [1.82, 2.24) is 10.3 Å². The number of nitrogens with zero attached hydrogens (tertiary/aromatic N) is 1. The van der Waals surface area contributed by atoms with E-state index in [9.17, 15) is 4.79 Å². The lowest BCUT2D eigenvalue weighted by atomic mass is 9.83. The lowest BCUT2D eigenvalue weighted by Crippen LogP contribution is -2.41. The molecule has 0 spiro atoms. The molecule has 2 aromatic rings. The van der Waals surface area contributed by atoms with Crippen molar-refractivity contribution in [3.8, 4) is 0 Å². The van der Waals surface area contributed by atoms with E-state index in [-0.39, 0.29) is 11.9 Å². The maximum absolute atomic E-state index is 12.6. The molecule has 110 valence electrons. The first-order valence-corrected chi connectivity index (χ1v) is 6.98. The van der Waals surface area contributed by atoms with E-state index in [0.717, 1.165) is 11.1 Å². The molecule has 2 rings (SSSR count). The Labute approximate surface area is 125 Å². The molecule has 0 unspecified atom stereocenters. The van der Waals surface area contributed by atoms with Crippen LogP contribution < -0.4 is 11.1 Å². The minimum atomic E-state index is -0.616. The summed E-state index contributed by atoms with van der Waals surface area (Å²) >= 11 is 0. The van der Waals surface area contributed by atoms with Gasteiger partial charge in [-0.05, 0) is 56.2 Å². The number of hydrogen-bond donors (Lipinski definition) is 2. The Morgan fingerprint density at radius 1 is 1.14 bits per heavy atom. The third-order valence-corrected chi connectivity index (χ3v) is 3.75. The number of aromatic nitrogens is 1. The minimum Gasteiger partial charge on any atom is -0.399 e. The number of nitrogens with one attached hydrogen (secondary N) is 1. The highest BCUT2D eigenvalue weighted by Crippen LogP contribution is 2.25. The van der Waals surface area contributed by atoms with Crippen LogP contribution in [0, 0.1) is 0 Å². The van der Waals surface area contributed by atoms with E-state index in [1.54, 1.807) is 12.4 Å². The molecule has 0 aliphatic carbocycles. The highest BCUT2D eigenvalue weighted by molar-refractivity contribution is 5.87. The molecular weight excluding hydrogens is 262 g/mol. The largest absolute Gasteiger partial charge is 0.399 e. The van der Waals surface area contributed by atoms with Crippen LogP contribution in [0.4, 0.5) is 5.69 Å². The van der Waals surface area contributed by atoms with E-state index < -0.39 is 5.41 Å². The number of benzene rings is 1. The van der Waals surface area contributed by atoms with Gasteiger partial charge in [0.2, 0.25) is 5.91 Å². The lowest BCUT2D eigenvalue weighted by molar-refractivity contribution is -0.126. The van der Waals surface area contributed by atoms with Gasteiger partial charge in [0, 0.05) is 18.1 Å². The summed E-state index contributed by atoms with van der Waals surface area (Å²) in [6.45, 7) is 5.78. The zero-order valence-corrected chi connectivity index (χ0v) is 12.6. The van der Waals surface area contributed by atoms with E-state index in [2.05, 4.69) is 10.3 Å². The summed E-state index contributed by atoms with van der Waals surface area (Å²) in [6.07, 6.45) is 3.45. The number of anilines is 1. The Hall–Kier alpha value is -2.36. The first kappa shape index (κ1) is 15.0. The number of carbonyl (C=O) groups is 1. The number of hydrogen-bond acceptors (Lipinski definition) is 3. The number of amides is 1. The third kappa shape index (κ3) is 3.40. The fourth-order valence-electron chi connectivity index (χ4n) is 2.14. The van der Waals surface area contributed by atoms with E-state index in [0.29, 0.717) is 5.69 Å². The first-order valence-electron chi connectivity index (χ1n) is 6.98. The molecule has 0 fully saturated rings. The summed E-state index contributed by atoms with van der Waals surface area (Å²) < 4.78 is 0. The molecule has 0 saturated carbocycles. The monoisotopic (exact) mass is 283 g/mol. The molecule has 1 heterocycles. The standard InChI is InChI=1S/C17H21N3O/c1-12(13-8-10-19-11-9-13)20-16(21)17(2,3)14-4-6-15(18)7-5-14/h4-12H,18H2,1-3H3,(H,20,21)/t12-/m0/s1. The van der Waals surface area contributed by atoms with Crippen LogP contribution >= 0.6 is 0 Å². The average Bonchev–Trinajstić information content (AvgIpc) is 2.48. The van der Waals surface area contributed by atoms with Crippen LogP contribution in [-0.2, 0) is 10.2 Å². The maximum Gasteiger partial charge on any atom is 0.230 e. The second-order valence-corrected chi connectivity index (χ2v) is 5.72. The van der Waals surface area contributed by atoms with Crippen molar-refractivity contribution in [3.63, 3.8) is 0 Å². The maximum atomic E-state index is 12.6. The number of carbonyl (C=O) groups excluding carboxylic acids is 1. The summed E-state index contributed by atoms with van der Waals surface area (Å²) in [6, 6.07) is 11.2. The van der Waals surface area contributed by atoms with Gasteiger partial charge in [0.1, 0.15) is 0 Å². The fourth-order valence-corrected chi connectivity index (χ4v) is 2.14. The van der Waals surface area contributed by atoms with Crippen molar-refractivity contribution in [1.29, 1.82) is 0 Å². The van der Waals surface area contributed by atoms with Crippen molar-refractivity contribution >= 4 is 11.6 Å². The average molecular weight is 283 g/mol. The van der Waals surface area contributed by atoms with Crippen LogP contribution in [0.25, 0.3) is 0 Å². The molecule has 0 aliphatic rings. The molecule has 0 bridgehead atoms. The third-order valence-electron chi connectivity index (χ3n) is 3.75. The van der Waals surface area contributed by atoms with Gasteiger partial charge in [0.25, 0.3) is 0 Å². The Bertz CT molecular complexity index is 606. The van der Waals surface area contributed by atoms with Crippen LogP contribution in [0.2, 0.25) is 0 Å². The lowest BCUT2D eigenvalue weighted by Gasteiger charge is -2.26. The Kier molecular flexibility index (Phi) is 4.26. The first-order chi connectivity index (χ1) is 9.91. The zero-order chi connectivity index (χ0) is 15.5. The summed E-state index contributed by atoms with van der Waals surface area (Å²) in [5.41, 5.74) is 7.75. The second kappa shape index (κ2) is 5.95. The van der Waals surface area contributed by atoms with Gasteiger partial charge in [-0.1, -0.05) is 12.1 Å². The molecule has 0 aliphatic heterocycles. The van der Waals surface area contributed by atoms with Gasteiger partial charge in [0.15, 0.2) is 0 Å². The molecule has 1 aromatic carbocycles. The SMILES string of the molecule is C[C@H](NC(=O)C(C)(C)c1ccc(N)cc1)c1ccncc1. The molecule has 0 saturated heterocycles. The van der Waals surface area contributed by atoms with Gasteiger partial charge >= 0.3 is 0 Å². The van der Waals surface area contributed by atoms with Crippen molar-refractivity contribution < 1.29 is 4.79 Å². The van der Waals surface area contributed by atoms with E-state index >= 15 is 0 Å². The van der Waals surface area contributed by atoms with Gasteiger partial charge in [-0.15, -0.1) is 0 Å². The molecule has 0 radical (unpaired) electrons. The summed E-state index contributed by atoms with van der Waals surface area (Å²) in [7, 11) is 0. The molecule has 4 heteroatoms. The quantitative estimate of drug-likeness (QED) is 0.848. The normalized spacial score (nSPS) is 12.7. The van der Waals surface area contributed by atoms with Crippen LogP contribution in [-0.4, -0.2) is 10.9 Å². The number of rotatable bonds is 4. The van der Waals surface area contributed by atoms with Gasteiger partial charge in [0.05, 0.1) is 11.5 Å². The molecule has 21 heavy (non-hydrogen) atoms. The molecular formula is C17H21N3O. The molecule has 3 N–H and O–H groups in total. The molecule has 1 amide bonds. The Morgan fingerprint density at radius 3 is 2.29 bits per heavy atom.